The first-order valence-corrected chi connectivity index (χ1v) is 7.13. The Morgan fingerprint density at radius 1 is 1.45 bits per heavy atom. The van der Waals surface area contributed by atoms with Gasteiger partial charge >= 0.3 is 5.97 Å². The minimum atomic E-state index is -1.06. The van der Waals surface area contributed by atoms with Crippen LogP contribution < -0.4 is 0 Å². The van der Waals surface area contributed by atoms with Crippen molar-refractivity contribution in [1.29, 1.82) is 5.26 Å². The lowest BCUT2D eigenvalue weighted by molar-refractivity contribution is -0.150. The quantitative estimate of drug-likeness (QED) is 0.785. The zero-order chi connectivity index (χ0) is 15.7. The minimum Gasteiger partial charge on any atom is -0.468 e. The van der Waals surface area contributed by atoms with Crippen LogP contribution in [0.1, 0.15) is 18.2 Å². The average molecular weight is 300 g/mol. The van der Waals surface area contributed by atoms with Crippen molar-refractivity contribution in [3.05, 3.63) is 35.9 Å². The molecule has 0 aromatic heterocycles. The molecule has 0 saturated carbocycles. The molecule has 2 aliphatic rings. The molecule has 0 bridgehead atoms. The number of fused-ring (bicyclic) bond motifs is 1. The number of amides is 1. The van der Waals surface area contributed by atoms with Crippen LogP contribution >= 0.6 is 0 Å². The van der Waals surface area contributed by atoms with Crippen LogP contribution in [0.15, 0.2) is 30.3 Å². The van der Waals surface area contributed by atoms with Gasteiger partial charge < -0.3 is 14.4 Å². The summed E-state index contributed by atoms with van der Waals surface area (Å²) >= 11 is 0. The average Bonchev–Trinajstić information content (AvgIpc) is 3.10. The van der Waals surface area contributed by atoms with Crippen molar-refractivity contribution in [2.75, 3.05) is 13.7 Å². The lowest BCUT2D eigenvalue weighted by Gasteiger charge is -2.23. The van der Waals surface area contributed by atoms with Gasteiger partial charge in [-0.3, -0.25) is 9.59 Å². The van der Waals surface area contributed by atoms with Crippen molar-refractivity contribution >= 4 is 11.9 Å². The minimum absolute atomic E-state index is 0.0942. The predicted molar refractivity (Wildman–Crippen MR) is 75.0 cm³/mol. The van der Waals surface area contributed by atoms with Crippen molar-refractivity contribution in [2.45, 2.75) is 18.7 Å². The van der Waals surface area contributed by atoms with E-state index in [1.54, 1.807) is 4.90 Å². The molecule has 2 heterocycles. The molecule has 3 rings (SSSR count). The molecule has 6 heteroatoms. The van der Waals surface area contributed by atoms with Gasteiger partial charge in [0.15, 0.2) is 12.1 Å². The molecule has 1 unspecified atom stereocenters. The third-order valence-electron chi connectivity index (χ3n) is 4.27. The normalized spacial score (nSPS) is 28.1. The third kappa shape index (κ3) is 2.24. The maximum atomic E-state index is 12.7. The molecular formula is C16H16N2O4. The fourth-order valence-electron chi connectivity index (χ4n) is 3.20. The predicted octanol–water partition coefficient (Wildman–Crippen LogP) is 1.25. The number of carbonyl (C=O) groups excluding carboxylic acids is 2. The highest BCUT2D eigenvalue weighted by Gasteiger charge is 2.52. The summed E-state index contributed by atoms with van der Waals surface area (Å²) in [5, 5.41) is 9.20. The van der Waals surface area contributed by atoms with E-state index in [4.69, 9.17) is 4.74 Å². The molecule has 0 aliphatic carbocycles. The summed E-state index contributed by atoms with van der Waals surface area (Å²) in [7, 11) is 1.23. The molecule has 1 aromatic rings. The molecule has 22 heavy (non-hydrogen) atoms. The number of esters is 1. The summed E-state index contributed by atoms with van der Waals surface area (Å²) in [4.78, 5) is 26.0. The summed E-state index contributed by atoms with van der Waals surface area (Å²) in [6.07, 6.45) is -0.00383. The molecule has 0 N–H and O–H groups in total. The Balaban J connectivity index is 1.84. The van der Waals surface area contributed by atoms with E-state index in [1.807, 2.05) is 36.4 Å². The van der Waals surface area contributed by atoms with Gasteiger partial charge in [0, 0.05) is 5.56 Å². The summed E-state index contributed by atoms with van der Waals surface area (Å²) < 4.78 is 10.4. The number of hydrogen-bond donors (Lipinski definition) is 0. The number of nitrogens with zero attached hydrogens (tertiary/aromatic N) is 2. The SMILES string of the molecule is COC(=O)C(C#N)[C@H]1C[C@H]2CO[C@H](c3ccccc3)N2C1=O. The van der Waals surface area contributed by atoms with Gasteiger partial charge in [-0.15, -0.1) is 0 Å². The van der Waals surface area contributed by atoms with Crippen LogP contribution in [0.4, 0.5) is 0 Å². The topological polar surface area (TPSA) is 79.6 Å². The van der Waals surface area contributed by atoms with Gasteiger partial charge in [0.25, 0.3) is 0 Å². The summed E-state index contributed by atoms with van der Waals surface area (Å²) in [6.45, 7) is 0.418. The fraction of sp³-hybridized carbons (Fsp3) is 0.438. The number of ether oxygens (including phenoxy) is 2. The summed E-state index contributed by atoms with van der Waals surface area (Å²) in [6, 6.07) is 11.3. The number of benzene rings is 1. The molecule has 0 spiro atoms. The van der Waals surface area contributed by atoms with Crippen molar-refractivity contribution in [3.8, 4) is 6.07 Å². The Morgan fingerprint density at radius 2 is 2.18 bits per heavy atom. The van der Waals surface area contributed by atoms with Crippen LogP contribution in [0.3, 0.4) is 0 Å². The van der Waals surface area contributed by atoms with Crippen molar-refractivity contribution in [3.63, 3.8) is 0 Å². The maximum Gasteiger partial charge on any atom is 0.323 e. The van der Waals surface area contributed by atoms with Crippen molar-refractivity contribution in [1.82, 2.24) is 4.90 Å². The van der Waals surface area contributed by atoms with E-state index in [2.05, 4.69) is 4.74 Å². The number of rotatable bonds is 3. The van der Waals surface area contributed by atoms with E-state index >= 15 is 0 Å². The number of nitriles is 1. The largest absolute Gasteiger partial charge is 0.468 e. The standard InChI is InChI=1S/C16H16N2O4/c1-21-16(20)13(8-17)12-7-11-9-22-15(18(11)14(12)19)10-5-3-2-4-6-10/h2-6,11-13,15H,7,9H2,1H3/t11-,12+,13?,15+/m0/s1. The van der Waals surface area contributed by atoms with E-state index in [1.165, 1.54) is 7.11 Å². The van der Waals surface area contributed by atoms with Gasteiger partial charge in [-0.2, -0.15) is 5.26 Å². The zero-order valence-corrected chi connectivity index (χ0v) is 12.1. The monoisotopic (exact) mass is 300 g/mol. The Bertz CT molecular complexity index is 625. The Kier molecular flexibility index (Phi) is 3.82. The third-order valence-corrected chi connectivity index (χ3v) is 4.27. The van der Waals surface area contributed by atoms with Gasteiger partial charge in [0.05, 0.1) is 31.7 Å². The van der Waals surface area contributed by atoms with E-state index in [-0.39, 0.29) is 11.9 Å². The molecule has 4 atom stereocenters. The first-order chi connectivity index (χ1) is 10.7. The maximum absolute atomic E-state index is 12.7. The molecule has 2 fully saturated rings. The summed E-state index contributed by atoms with van der Waals surface area (Å²) in [5.74, 6) is -2.58. The Morgan fingerprint density at radius 3 is 2.82 bits per heavy atom. The van der Waals surface area contributed by atoms with E-state index in [9.17, 15) is 14.9 Å². The molecule has 1 amide bonds. The molecule has 6 nitrogen and oxygen atoms in total. The van der Waals surface area contributed by atoms with Crippen molar-refractivity contribution < 1.29 is 19.1 Å². The van der Waals surface area contributed by atoms with Gasteiger partial charge in [0.2, 0.25) is 5.91 Å². The lowest BCUT2D eigenvalue weighted by atomic mass is 9.90. The van der Waals surface area contributed by atoms with Crippen LogP contribution in [-0.4, -0.2) is 36.5 Å². The van der Waals surface area contributed by atoms with Crippen LogP contribution in [0, 0.1) is 23.2 Å². The second-order valence-electron chi connectivity index (χ2n) is 5.47. The van der Waals surface area contributed by atoms with Crippen LogP contribution in [0.2, 0.25) is 0 Å². The van der Waals surface area contributed by atoms with Gasteiger partial charge in [-0.05, 0) is 6.42 Å². The first-order valence-electron chi connectivity index (χ1n) is 7.13. The second kappa shape index (κ2) is 5.78. The highest BCUT2D eigenvalue weighted by Crippen LogP contribution is 2.41. The molecule has 1 aromatic carbocycles. The fourth-order valence-corrected chi connectivity index (χ4v) is 3.20. The van der Waals surface area contributed by atoms with E-state index in [0.29, 0.717) is 13.0 Å². The number of hydrogen-bond acceptors (Lipinski definition) is 5. The number of carbonyl (C=O) groups is 2. The highest BCUT2D eigenvalue weighted by molar-refractivity contribution is 5.89. The van der Waals surface area contributed by atoms with Gasteiger partial charge in [-0.25, -0.2) is 0 Å². The Hall–Kier alpha value is -2.39. The molecule has 2 aliphatic heterocycles. The second-order valence-corrected chi connectivity index (χ2v) is 5.47. The van der Waals surface area contributed by atoms with Gasteiger partial charge in [-0.1, -0.05) is 30.3 Å². The molecule has 114 valence electrons. The Labute approximate surface area is 128 Å². The molecular weight excluding hydrogens is 284 g/mol. The van der Waals surface area contributed by atoms with Crippen LogP contribution in [0.5, 0.6) is 0 Å². The van der Waals surface area contributed by atoms with Crippen LogP contribution in [0.25, 0.3) is 0 Å². The smallest absolute Gasteiger partial charge is 0.323 e. The molecule has 2 saturated heterocycles. The zero-order valence-electron chi connectivity index (χ0n) is 12.1. The van der Waals surface area contributed by atoms with E-state index < -0.39 is 24.0 Å². The summed E-state index contributed by atoms with van der Waals surface area (Å²) in [5.41, 5.74) is 0.894. The highest BCUT2D eigenvalue weighted by atomic mass is 16.5. The van der Waals surface area contributed by atoms with Crippen LogP contribution in [-0.2, 0) is 19.1 Å². The lowest BCUT2D eigenvalue weighted by Crippen LogP contribution is -2.35. The number of methoxy groups -OCH3 is 1. The van der Waals surface area contributed by atoms with Gasteiger partial charge in [0.1, 0.15) is 0 Å². The van der Waals surface area contributed by atoms with E-state index in [0.717, 1.165) is 5.56 Å². The van der Waals surface area contributed by atoms with Crippen molar-refractivity contribution in [2.24, 2.45) is 11.8 Å². The molecule has 0 radical (unpaired) electrons. The first kappa shape index (κ1) is 14.5.